The van der Waals surface area contributed by atoms with Gasteiger partial charge in [-0.2, -0.15) is 0 Å². The largest absolute Gasteiger partial charge is 0.374 e. The first-order valence-corrected chi connectivity index (χ1v) is 40.4. The number of carbonyl (C=O) groups excluding carboxylic acids is 6. The summed E-state index contributed by atoms with van der Waals surface area (Å²) in [7, 11) is 2.13. The summed E-state index contributed by atoms with van der Waals surface area (Å²) < 4.78 is 0. The van der Waals surface area contributed by atoms with Gasteiger partial charge in [-0.05, 0) is 277 Å². The normalized spacial score (nSPS) is 31.6. The fourth-order valence-corrected chi connectivity index (χ4v) is 20.3. The van der Waals surface area contributed by atoms with Gasteiger partial charge in [0.25, 0.3) is 0 Å². The highest BCUT2D eigenvalue weighted by Crippen LogP contribution is 2.41. The summed E-state index contributed by atoms with van der Waals surface area (Å²) >= 11 is 11.8. The second kappa shape index (κ2) is 34.2. The molecule has 18 fully saturated rings. The van der Waals surface area contributed by atoms with Crippen molar-refractivity contribution in [2.75, 3.05) is 136 Å². The Labute approximate surface area is 628 Å². The number of rotatable bonds is 12. The van der Waals surface area contributed by atoms with Crippen LogP contribution in [0.2, 0.25) is 10.0 Å². The second-order valence-electron chi connectivity index (χ2n) is 32.7. The number of piperidine rings is 18. The number of hydrogen-bond donors (Lipinski definition) is 0. The average Bonchev–Trinajstić information content (AvgIpc) is 1.27. The molecule has 6 aromatic carbocycles. The van der Waals surface area contributed by atoms with Crippen LogP contribution in [-0.4, -0.2) is 195 Å². The van der Waals surface area contributed by atoms with Gasteiger partial charge >= 0.3 is 0 Å². The van der Waals surface area contributed by atoms with Gasteiger partial charge in [0.1, 0.15) is 0 Å². The Balaban J connectivity index is 0.000000105. The zero-order valence-electron chi connectivity index (χ0n) is 61.7. The van der Waals surface area contributed by atoms with Crippen LogP contribution in [0.1, 0.15) is 156 Å². The van der Waals surface area contributed by atoms with Crippen LogP contribution in [0, 0.1) is 84.9 Å². The van der Waals surface area contributed by atoms with Gasteiger partial charge in [-0.15, -0.1) is 0 Å². The third-order valence-corrected chi connectivity index (χ3v) is 27.0. The van der Waals surface area contributed by atoms with Crippen LogP contribution in [0.25, 0.3) is 0 Å². The first kappa shape index (κ1) is 74.3. The summed E-state index contributed by atoms with van der Waals surface area (Å²) in [6.07, 6.45) is 15.5. The highest BCUT2D eigenvalue weighted by atomic mass is 35.5. The third kappa shape index (κ3) is 17.5. The molecule has 0 saturated carbocycles. The van der Waals surface area contributed by atoms with Crippen LogP contribution in [0.3, 0.4) is 0 Å². The standard InChI is InChI=1S/C17H22N2O.2C15H19NO.2C14H16ClNO.C14H17NO/c1-18-7-4-13-10-14(2-3-16(13)18)17(20)15-11-19-8-5-12(15)6-9-19;1-11-2-4-13(5-3-11)15(17)14-10-16-8-6-12(14)7-9-16;1-11-4-2-3-5-13(11)15(17)14-10-16-8-6-12(14)7-9-16;15-12-3-1-11(2-4-12)14(17)13-9-16-7-5-10(13)6-8-16;15-12-3-1-2-11(8-12)14(17)13-9-16-6-4-10(13)5-7-16;16-14(12-4-2-1-3-5-12)13-10-15-8-6-11(13)7-9-15/h2-3,10,12,15H,4-9,11H2,1H3;2*2-5,12,14H,6-10H2,1H3;1-4,10,13H,5-9H2;1-3,8,10,13H,4-7,9H2;1-5,11,13H,6-10H2. The van der Waals surface area contributed by atoms with Crippen LogP contribution < -0.4 is 4.90 Å². The van der Waals surface area contributed by atoms with E-state index in [1.54, 1.807) is 18.2 Å². The van der Waals surface area contributed by atoms with E-state index < -0.39 is 0 Å². The molecule has 0 amide bonds. The molecule has 6 aromatic rings. The molecule has 19 heterocycles. The number of fused-ring (bicyclic) bond motifs is 19. The van der Waals surface area contributed by atoms with E-state index in [-0.39, 0.29) is 41.3 Å². The zero-order valence-corrected chi connectivity index (χ0v) is 63.3. The molecule has 6 unspecified atom stereocenters. The van der Waals surface area contributed by atoms with Crippen molar-refractivity contribution in [1.82, 2.24) is 29.4 Å². The van der Waals surface area contributed by atoms with Crippen LogP contribution in [0.4, 0.5) is 5.69 Å². The molecule has 0 N–H and O–H groups in total. The van der Waals surface area contributed by atoms with Gasteiger partial charge in [0.2, 0.25) is 0 Å². The molecular weight excluding hydrogens is 1330 g/mol. The Morgan fingerprint density at radius 1 is 0.308 bits per heavy atom. The zero-order chi connectivity index (χ0) is 72.0. The lowest BCUT2D eigenvalue weighted by Gasteiger charge is -2.44. The summed E-state index contributed by atoms with van der Waals surface area (Å²) in [4.78, 5) is 92.0. The van der Waals surface area contributed by atoms with Crippen LogP contribution in [0.15, 0.2) is 146 Å². The molecule has 550 valence electrons. The number of aryl methyl sites for hydroxylation is 2. The summed E-state index contributed by atoms with van der Waals surface area (Å²) in [5.41, 5.74) is 10.2. The maximum Gasteiger partial charge on any atom is 0.167 e. The smallest absolute Gasteiger partial charge is 0.167 e. The lowest BCUT2D eigenvalue weighted by molar-refractivity contribution is 0.0414. The van der Waals surface area contributed by atoms with E-state index in [0.717, 1.165) is 91.2 Å². The van der Waals surface area contributed by atoms with Crippen molar-refractivity contribution in [1.29, 1.82) is 0 Å². The van der Waals surface area contributed by atoms with Gasteiger partial charge in [-0.1, -0.05) is 120 Å². The number of anilines is 1. The van der Waals surface area contributed by atoms with Gasteiger partial charge in [0.05, 0.1) is 0 Å². The Morgan fingerprint density at radius 2 is 0.625 bits per heavy atom. The highest BCUT2D eigenvalue weighted by molar-refractivity contribution is 6.31. The summed E-state index contributed by atoms with van der Waals surface area (Å²) in [5.74, 6) is 7.17. The summed E-state index contributed by atoms with van der Waals surface area (Å²) in [5, 5.41) is 1.34. The number of benzene rings is 6. The minimum Gasteiger partial charge on any atom is -0.374 e. The molecule has 6 atom stereocenters. The SMILES string of the molecule is CN1CCc2cc(C(=O)C3CN4CCC3CC4)ccc21.Cc1ccc(C(=O)C2CN3CCC2CC3)cc1.Cc1ccccc1C(=O)C1CN2CCC1CC2.O=C(c1ccc(Cl)cc1)C1CN2CCC1CC2.O=C(c1cccc(Cl)c1)C1CN2CCC1CC2.O=C(c1ccccc1)C1CN2CCC1CC2. The fraction of sp³-hybridized carbons (Fsp3) is 0.528. The van der Waals surface area contributed by atoms with Crippen molar-refractivity contribution in [3.63, 3.8) is 0 Å². The maximum atomic E-state index is 12.8. The molecule has 19 aliphatic rings. The van der Waals surface area contributed by atoms with E-state index in [0.29, 0.717) is 74.5 Å². The number of likely N-dealkylation sites (N-methyl/N-ethyl adjacent to an activating group) is 1. The van der Waals surface area contributed by atoms with Crippen molar-refractivity contribution < 1.29 is 28.8 Å². The third-order valence-electron chi connectivity index (χ3n) is 26.5. The minimum atomic E-state index is 0.191. The molecular formula is C89H109Cl2N7O6. The molecule has 18 saturated heterocycles. The van der Waals surface area contributed by atoms with Crippen molar-refractivity contribution >= 4 is 63.6 Å². The van der Waals surface area contributed by atoms with Gasteiger partial charge in [0.15, 0.2) is 34.7 Å². The number of nitrogens with zero attached hydrogens (tertiary/aromatic N) is 7. The van der Waals surface area contributed by atoms with E-state index in [1.165, 1.54) is 172 Å². The Kier molecular flexibility index (Phi) is 24.4. The highest BCUT2D eigenvalue weighted by Gasteiger charge is 2.44. The van der Waals surface area contributed by atoms with Crippen molar-refractivity contribution in [3.8, 4) is 0 Å². The Morgan fingerprint density at radius 3 is 0.990 bits per heavy atom. The number of ketones is 6. The van der Waals surface area contributed by atoms with Gasteiger partial charge in [0, 0.05) is 137 Å². The first-order valence-electron chi connectivity index (χ1n) is 39.7. The average molecular weight is 1440 g/mol. The van der Waals surface area contributed by atoms with Gasteiger partial charge in [-0.3, -0.25) is 28.8 Å². The van der Waals surface area contributed by atoms with Crippen molar-refractivity contribution in [3.05, 3.63) is 206 Å². The quantitative estimate of drug-likeness (QED) is 0.108. The van der Waals surface area contributed by atoms with Crippen LogP contribution in [-0.2, 0) is 6.42 Å². The predicted molar refractivity (Wildman–Crippen MR) is 417 cm³/mol. The monoisotopic (exact) mass is 1440 g/mol. The molecule has 0 aliphatic carbocycles. The van der Waals surface area contributed by atoms with E-state index in [4.69, 9.17) is 23.2 Å². The fourth-order valence-electron chi connectivity index (χ4n) is 20.0. The maximum absolute atomic E-state index is 12.8. The number of hydrogen-bond acceptors (Lipinski definition) is 13. The molecule has 25 rings (SSSR count). The summed E-state index contributed by atoms with van der Waals surface area (Å²) in [6, 6.07) is 46.8. The number of carbonyl (C=O) groups is 6. The van der Waals surface area contributed by atoms with Gasteiger partial charge in [-0.25, -0.2) is 0 Å². The number of halogens is 2. The van der Waals surface area contributed by atoms with Crippen LogP contribution >= 0.6 is 23.2 Å². The molecule has 13 nitrogen and oxygen atoms in total. The van der Waals surface area contributed by atoms with E-state index >= 15 is 0 Å². The minimum absolute atomic E-state index is 0.191. The van der Waals surface area contributed by atoms with E-state index in [1.807, 2.05) is 122 Å². The van der Waals surface area contributed by atoms with E-state index in [9.17, 15) is 28.8 Å². The van der Waals surface area contributed by atoms with E-state index in [2.05, 4.69) is 60.4 Å². The molecule has 0 aromatic heterocycles. The molecule has 0 radical (unpaired) electrons. The molecule has 12 bridgehead atoms. The number of Topliss-reactive ketones (excluding diaryl/α,β-unsaturated/α-hetero) is 6. The van der Waals surface area contributed by atoms with Crippen molar-refractivity contribution in [2.45, 2.75) is 97.3 Å². The molecule has 104 heavy (non-hydrogen) atoms. The Hall–Kier alpha value is -6.52. The molecule has 0 spiro atoms. The lowest BCUT2D eigenvalue weighted by Crippen LogP contribution is -2.50. The predicted octanol–water partition coefficient (Wildman–Crippen LogP) is 15.2. The lowest BCUT2D eigenvalue weighted by atomic mass is 9.75. The topological polar surface area (TPSA) is 125 Å². The van der Waals surface area contributed by atoms with Gasteiger partial charge < -0.3 is 34.3 Å². The second-order valence-corrected chi connectivity index (χ2v) is 33.6. The van der Waals surface area contributed by atoms with Crippen molar-refractivity contribution in [2.24, 2.45) is 71.0 Å². The Bertz CT molecular complexity index is 3870. The summed E-state index contributed by atoms with van der Waals surface area (Å²) in [6.45, 7) is 25.3. The van der Waals surface area contributed by atoms with Crippen LogP contribution in [0.5, 0.6) is 0 Å². The molecule has 19 aliphatic heterocycles. The molecule has 15 heteroatoms. The first-order chi connectivity index (χ1) is 50.5.